The van der Waals surface area contributed by atoms with Crippen LogP contribution in [0.4, 0.5) is 5.69 Å². The molecule has 4 nitrogen and oxygen atoms in total. The van der Waals surface area contributed by atoms with Crippen LogP contribution >= 0.6 is 0 Å². The molecule has 3 N–H and O–H groups in total. The summed E-state index contributed by atoms with van der Waals surface area (Å²) in [6, 6.07) is 8.30. The van der Waals surface area contributed by atoms with Gasteiger partial charge in [0.25, 0.3) is 0 Å². The number of morpholine rings is 1. The lowest BCUT2D eigenvalue weighted by atomic mass is 10.2. The fraction of sp³-hybridized carbons (Fsp3) is 0.385. The van der Waals surface area contributed by atoms with E-state index in [-0.39, 0.29) is 6.10 Å². The molecule has 1 fully saturated rings. The summed E-state index contributed by atoms with van der Waals surface area (Å²) in [5.74, 6) is 0. The van der Waals surface area contributed by atoms with Crippen LogP contribution in [0.3, 0.4) is 0 Å². The molecular weight excluding hydrogens is 214 g/mol. The fourth-order valence-electron chi connectivity index (χ4n) is 2.19. The molecule has 0 radical (unpaired) electrons. The summed E-state index contributed by atoms with van der Waals surface area (Å²) >= 11 is 0. The Morgan fingerprint density at radius 2 is 2.29 bits per heavy atom. The zero-order chi connectivity index (χ0) is 11.5. The summed E-state index contributed by atoms with van der Waals surface area (Å²) in [5, 5.41) is 8.00. The summed E-state index contributed by atoms with van der Waals surface area (Å²) in [6.07, 6.45) is 2.28. The maximum atomic E-state index is 5.65. The standard InChI is InChI=1S/C13H17N3O/c1-2-4-12-11(3-1)13(9-16-12)15-8-10-7-14-5-6-17-10/h1-4,9-10,14-16H,5-8H2. The molecule has 2 heterocycles. The summed E-state index contributed by atoms with van der Waals surface area (Å²) in [7, 11) is 0. The van der Waals surface area contributed by atoms with Gasteiger partial charge in [-0.05, 0) is 6.07 Å². The van der Waals surface area contributed by atoms with Crippen molar-refractivity contribution < 1.29 is 4.74 Å². The number of hydrogen-bond donors (Lipinski definition) is 3. The number of para-hydroxylation sites is 1. The average molecular weight is 231 g/mol. The molecule has 1 unspecified atom stereocenters. The van der Waals surface area contributed by atoms with Crippen molar-refractivity contribution in [3.63, 3.8) is 0 Å². The van der Waals surface area contributed by atoms with Gasteiger partial charge in [0.1, 0.15) is 0 Å². The van der Waals surface area contributed by atoms with Gasteiger partial charge in [-0.2, -0.15) is 0 Å². The number of benzene rings is 1. The molecule has 0 bridgehead atoms. The van der Waals surface area contributed by atoms with Crippen LogP contribution in [0.5, 0.6) is 0 Å². The first kappa shape index (κ1) is 10.6. The van der Waals surface area contributed by atoms with Gasteiger partial charge in [-0.3, -0.25) is 0 Å². The van der Waals surface area contributed by atoms with Crippen LogP contribution in [0, 0.1) is 0 Å². The zero-order valence-electron chi connectivity index (χ0n) is 9.70. The van der Waals surface area contributed by atoms with Gasteiger partial charge in [-0.1, -0.05) is 18.2 Å². The SMILES string of the molecule is c1ccc2c(NCC3CNCCO3)c[nH]c2c1. The third kappa shape index (κ3) is 2.28. The second-order valence-electron chi connectivity index (χ2n) is 4.33. The summed E-state index contributed by atoms with van der Waals surface area (Å²) in [6.45, 7) is 3.54. The second kappa shape index (κ2) is 4.77. The van der Waals surface area contributed by atoms with Gasteiger partial charge in [0, 0.05) is 36.7 Å². The molecule has 0 aliphatic carbocycles. The Bertz CT molecular complexity index is 488. The molecule has 17 heavy (non-hydrogen) atoms. The number of H-pyrrole nitrogens is 1. The highest BCUT2D eigenvalue weighted by Crippen LogP contribution is 2.22. The van der Waals surface area contributed by atoms with Crippen molar-refractivity contribution in [2.75, 3.05) is 31.6 Å². The Morgan fingerprint density at radius 3 is 3.18 bits per heavy atom. The van der Waals surface area contributed by atoms with Gasteiger partial charge < -0.3 is 20.4 Å². The van der Waals surface area contributed by atoms with Crippen molar-refractivity contribution in [2.45, 2.75) is 6.10 Å². The van der Waals surface area contributed by atoms with Crippen LogP contribution in [0.1, 0.15) is 0 Å². The molecule has 0 saturated carbocycles. The number of rotatable bonds is 3. The highest BCUT2D eigenvalue weighted by molar-refractivity contribution is 5.92. The van der Waals surface area contributed by atoms with E-state index in [0.29, 0.717) is 0 Å². The lowest BCUT2D eigenvalue weighted by Gasteiger charge is -2.24. The first-order valence-electron chi connectivity index (χ1n) is 6.06. The quantitative estimate of drug-likeness (QED) is 0.751. The molecule has 4 heteroatoms. The van der Waals surface area contributed by atoms with Crippen LogP contribution < -0.4 is 10.6 Å². The van der Waals surface area contributed by atoms with Crippen molar-refractivity contribution in [1.29, 1.82) is 0 Å². The average Bonchev–Trinajstić information content (AvgIpc) is 2.81. The van der Waals surface area contributed by atoms with Crippen molar-refractivity contribution in [2.24, 2.45) is 0 Å². The van der Waals surface area contributed by atoms with E-state index in [1.165, 1.54) is 5.39 Å². The number of hydrogen-bond acceptors (Lipinski definition) is 3. The lowest BCUT2D eigenvalue weighted by molar-refractivity contribution is 0.0372. The molecule has 2 aromatic rings. The van der Waals surface area contributed by atoms with Crippen LogP contribution in [0.2, 0.25) is 0 Å². The predicted octanol–water partition coefficient (Wildman–Crippen LogP) is 1.57. The molecule has 1 aromatic carbocycles. The summed E-state index contributed by atoms with van der Waals surface area (Å²) in [5.41, 5.74) is 2.31. The molecule has 3 rings (SSSR count). The lowest BCUT2D eigenvalue weighted by Crippen LogP contribution is -2.42. The molecule has 1 atom stereocenters. The van der Waals surface area contributed by atoms with E-state index in [1.54, 1.807) is 0 Å². The largest absolute Gasteiger partial charge is 0.381 e. The Kier molecular flexibility index (Phi) is 2.98. The Hall–Kier alpha value is -1.52. The third-order valence-electron chi connectivity index (χ3n) is 3.11. The van der Waals surface area contributed by atoms with Crippen molar-refractivity contribution >= 4 is 16.6 Å². The Balaban J connectivity index is 1.68. The van der Waals surface area contributed by atoms with Gasteiger partial charge in [0.2, 0.25) is 0 Å². The van der Waals surface area contributed by atoms with E-state index in [2.05, 4.69) is 33.8 Å². The molecule has 1 aliphatic rings. The van der Waals surface area contributed by atoms with Gasteiger partial charge in [-0.25, -0.2) is 0 Å². The molecule has 1 aliphatic heterocycles. The minimum atomic E-state index is 0.261. The van der Waals surface area contributed by atoms with Crippen molar-refractivity contribution in [3.05, 3.63) is 30.5 Å². The van der Waals surface area contributed by atoms with Crippen LogP contribution in [-0.2, 0) is 4.74 Å². The van der Waals surface area contributed by atoms with Crippen molar-refractivity contribution in [1.82, 2.24) is 10.3 Å². The molecule has 1 aromatic heterocycles. The van der Waals surface area contributed by atoms with E-state index in [1.807, 2.05) is 12.3 Å². The van der Waals surface area contributed by atoms with E-state index in [0.717, 1.165) is 37.4 Å². The van der Waals surface area contributed by atoms with Crippen LogP contribution in [0.25, 0.3) is 10.9 Å². The van der Waals surface area contributed by atoms with Crippen molar-refractivity contribution in [3.8, 4) is 0 Å². The number of aromatic amines is 1. The topological polar surface area (TPSA) is 49.1 Å². The van der Waals surface area contributed by atoms with E-state index >= 15 is 0 Å². The van der Waals surface area contributed by atoms with Gasteiger partial charge in [0.15, 0.2) is 0 Å². The fourth-order valence-corrected chi connectivity index (χ4v) is 2.19. The zero-order valence-corrected chi connectivity index (χ0v) is 9.70. The number of anilines is 1. The molecule has 1 saturated heterocycles. The minimum Gasteiger partial charge on any atom is -0.381 e. The van der Waals surface area contributed by atoms with Gasteiger partial charge in [-0.15, -0.1) is 0 Å². The van der Waals surface area contributed by atoms with Gasteiger partial charge in [0.05, 0.1) is 18.4 Å². The number of fused-ring (bicyclic) bond motifs is 1. The first-order chi connectivity index (χ1) is 8.43. The highest BCUT2D eigenvalue weighted by Gasteiger charge is 2.13. The summed E-state index contributed by atoms with van der Waals surface area (Å²) < 4.78 is 5.65. The first-order valence-corrected chi connectivity index (χ1v) is 6.06. The molecular formula is C13H17N3O. The normalized spacial score (nSPS) is 20.6. The van der Waals surface area contributed by atoms with Crippen LogP contribution in [0.15, 0.2) is 30.5 Å². The van der Waals surface area contributed by atoms with E-state index < -0.39 is 0 Å². The monoisotopic (exact) mass is 231 g/mol. The molecule has 0 amide bonds. The number of aromatic nitrogens is 1. The highest BCUT2D eigenvalue weighted by atomic mass is 16.5. The predicted molar refractivity (Wildman–Crippen MR) is 69.4 cm³/mol. The van der Waals surface area contributed by atoms with E-state index in [4.69, 9.17) is 4.74 Å². The maximum Gasteiger partial charge on any atom is 0.0872 e. The third-order valence-corrected chi connectivity index (χ3v) is 3.11. The Morgan fingerprint density at radius 1 is 1.35 bits per heavy atom. The molecule has 90 valence electrons. The van der Waals surface area contributed by atoms with E-state index in [9.17, 15) is 0 Å². The van der Waals surface area contributed by atoms with Gasteiger partial charge >= 0.3 is 0 Å². The minimum absolute atomic E-state index is 0.261. The number of nitrogens with one attached hydrogen (secondary N) is 3. The summed E-state index contributed by atoms with van der Waals surface area (Å²) in [4.78, 5) is 3.26. The van der Waals surface area contributed by atoms with Crippen LogP contribution in [-0.4, -0.2) is 37.3 Å². The Labute approximate surface area is 100 Å². The maximum absolute atomic E-state index is 5.65. The molecule has 0 spiro atoms. The number of ether oxygens (including phenoxy) is 1. The smallest absolute Gasteiger partial charge is 0.0872 e. The second-order valence-corrected chi connectivity index (χ2v) is 4.33.